The summed E-state index contributed by atoms with van der Waals surface area (Å²) in [4.78, 5) is 4.18. The standard InChI is InChI=1S/C16H11BrCl3N5S/c17-10-2-4-14(13(20)6-10)22-16(26)23-15-21-8-25(24-15)7-9-1-3-11(18)12(19)5-9/h1-6,8H,7H2,(H2,22,23,24,26). The number of rotatable bonds is 4. The van der Waals surface area contributed by atoms with E-state index in [-0.39, 0.29) is 0 Å². The van der Waals surface area contributed by atoms with E-state index in [2.05, 4.69) is 36.6 Å². The Morgan fingerprint density at radius 2 is 1.85 bits per heavy atom. The molecule has 2 N–H and O–H groups in total. The zero-order chi connectivity index (χ0) is 18.7. The average Bonchev–Trinajstić information content (AvgIpc) is 3.00. The van der Waals surface area contributed by atoms with Crippen LogP contribution < -0.4 is 10.6 Å². The number of benzene rings is 2. The monoisotopic (exact) mass is 489 g/mol. The van der Waals surface area contributed by atoms with Gasteiger partial charge in [0.05, 0.1) is 27.3 Å². The van der Waals surface area contributed by atoms with Crippen LogP contribution in [0.5, 0.6) is 0 Å². The highest BCUT2D eigenvalue weighted by molar-refractivity contribution is 9.10. The lowest BCUT2D eigenvalue weighted by molar-refractivity contribution is 0.687. The second kappa shape index (κ2) is 8.54. The van der Waals surface area contributed by atoms with Crippen molar-refractivity contribution in [2.45, 2.75) is 6.54 Å². The molecule has 0 saturated heterocycles. The number of aromatic nitrogens is 3. The average molecular weight is 492 g/mol. The van der Waals surface area contributed by atoms with Crippen LogP contribution in [0.15, 0.2) is 47.2 Å². The minimum Gasteiger partial charge on any atom is -0.331 e. The van der Waals surface area contributed by atoms with Crippen LogP contribution in [-0.2, 0) is 6.54 Å². The number of halogens is 4. The van der Waals surface area contributed by atoms with Crippen LogP contribution in [0.25, 0.3) is 0 Å². The van der Waals surface area contributed by atoms with Gasteiger partial charge in [0.25, 0.3) is 0 Å². The normalized spacial score (nSPS) is 10.6. The van der Waals surface area contributed by atoms with Crippen molar-refractivity contribution in [1.82, 2.24) is 14.8 Å². The van der Waals surface area contributed by atoms with E-state index < -0.39 is 0 Å². The second-order valence-corrected chi connectivity index (χ2v) is 7.76. The van der Waals surface area contributed by atoms with Crippen molar-refractivity contribution in [2.75, 3.05) is 10.6 Å². The molecule has 0 bridgehead atoms. The minimum atomic E-state index is 0.335. The Morgan fingerprint density at radius 3 is 2.58 bits per heavy atom. The largest absolute Gasteiger partial charge is 0.331 e. The van der Waals surface area contributed by atoms with E-state index >= 15 is 0 Å². The molecule has 0 aliphatic heterocycles. The predicted octanol–water partition coefficient (Wildman–Crippen LogP) is 5.86. The van der Waals surface area contributed by atoms with Gasteiger partial charge in [-0.25, -0.2) is 9.67 Å². The number of anilines is 2. The summed E-state index contributed by atoms with van der Waals surface area (Å²) < 4.78 is 2.55. The molecule has 0 unspecified atom stereocenters. The minimum absolute atomic E-state index is 0.335. The number of thiocarbonyl (C=S) groups is 1. The molecule has 3 aromatic rings. The Hall–Kier alpha value is -1.38. The van der Waals surface area contributed by atoms with Crippen LogP contribution in [0.2, 0.25) is 15.1 Å². The lowest BCUT2D eigenvalue weighted by Crippen LogP contribution is -2.20. The summed E-state index contributed by atoms with van der Waals surface area (Å²) in [5.41, 5.74) is 1.64. The van der Waals surface area contributed by atoms with Crippen LogP contribution in [0, 0.1) is 0 Å². The molecule has 1 heterocycles. The number of hydrogen-bond acceptors (Lipinski definition) is 3. The van der Waals surface area contributed by atoms with Crippen molar-refractivity contribution in [3.63, 3.8) is 0 Å². The SMILES string of the molecule is S=C(Nc1ncn(Cc2ccc(Cl)c(Cl)c2)n1)Nc1ccc(Br)cc1Cl. The van der Waals surface area contributed by atoms with Crippen LogP contribution in [0.3, 0.4) is 0 Å². The van der Waals surface area contributed by atoms with Gasteiger partial charge in [0.1, 0.15) is 6.33 Å². The van der Waals surface area contributed by atoms with E-state index in [4.69, 9.17) is 47.0 Å². The van der Waals surface area contributed by atoms with Crippen molar-refractivity contribution in [2.24, 2.45) is 0 Å². The van der Waals surface area contributed by atoms with Crippen molar-refractivity contribution >= 4 is 79.7 Å². The number of hydrogen-bond donors (Lipinski definition) is 2. The Kier molecular flexibility index (Phi) is 6.37. The quantitative estimate of drug-likeness (QED) is 0.448. The fourth-order valence-corrected chi connectivity index (χ4v) is 3.34. The molecule has 0 amide bonds. The molecule has 0 saturated carbocycles. The highest BCUT2D eigenvalue weighted by Crippen LogP contribution is 2.26. The molecular weight excluding hydrogens is 481 g/mol. The molecule has 3 rings (SSSR count). The number of nitrogens with zero attached hydrogens (tertiary/aromatic N) is 3. The van der Waals surface area contributed by atoms with Gasteiger partial charge in [0.2, 0.25) is 5.95 Å². The first kappa shape index (κ1) is 19.4. The Bertz CT molecular complexity index is 963. The van der Waals surface area contributed by atoms with Crippen molar-refractivity contribution in [3.05, 3.63) is 67.8 Å². The molecule has 0 spiro atoms. The highest BCUT2D eigenvalue weighted by Gasteiger charge is 2.07. The first-order chi connectivity index (χ1) is 12.4. The zero-order valence-corrected chi connectivity index (χ0v) is 17.7. The van der Waals surface area contributed by atoms with Crippen LogP contribution >= 0.6 is 63.0 Å². The van der Waals surface area contributed by atoms with Gasteiger partial charge in [-0.15, -0.1) is 5.10 Å². The molecule has 0 radical (unpaired) electrons. The lowest BCUT2D eigenvalue weighted by Gasteiger charge is -2.09. The van der Waals surface area contributed by atoms with Gasteiger partial charge in [0, 0.05) is 4.47 Å². The van der Waals surface area contributed by atoms with Crippen LogP contribution in [-0.4, -0.2) is 19.9 Å². The van der Waals surface area contributed by atoms with Gasteiger partial charge in [0.15, 0.2) is 5.11 Å². The molecule has 2 aromatic carbocycles. The summed E-state index contributed by atoms with van der Waals surface area (Å²) in [6, 6.07) is 10.9. The molecule has 0 fully saturated rings. The summed E-state index contributed by atoms with van der Waals surface area (Å²) in [7, 11) is 0. The summed E-state index contributed by atoms with van der Waals surface area (Å²) in [5.74, 6) is 0.371. The van der Waals surface area contributed by atoms with Crippen LogP contribution in [0.1, 0.15) is 5.56 Å². The topological polar surface area (TPSA) is 54.8 Å². The van der Waals surface area contributed by atoms with E-state index in [1.54, 1.807) is 29.2 Å². The van der Waals surface area contributed by atoms with E-state index in [0.29, 0.717) is 38.4 Å². The highest BCUT2D eigenvalue weighted by atomic mass is 79.9. The maximum absolute atomic E-state index is 6.16. The molecule has 10 heteroatoms. The first-order valence-electron chi connectivity index (χ1n) is 7.27. The molecule has 5 nitrogen and oxygen atoms in total. The van der Waals surface area contributed by atoms with Crippen molar-refractivity contribution < 1.29 is 0 Å². The molecule has 26 heavy (non-hydrogen) atoms. The van der Waals surface area contributed by atoms with Gasteiger partial charge in [-0.1, -0.05) is 56.8 Å². The van der Waals surface area contributed by atoms with E-state index in [0.717, 1.165) is 10.0 Å². The molecule has 0 aliphatic rings. The smallest absolute Gasteiger partial charge is 0.248 e. The summed E-state index contributed by atoms with van der Waals surface area (Å²) in [5, 5.41) is 12.1. The van der Waals surface area contributed by atoms with E-state index in [1.807, 2.05) is 18.2 Å². The van der Waals surface area contributed by atoms with Gasteiger partial charge < -0.3 is 5.32 Å². The molecule has 134 valence electrons. The predicted molar refractivity (Wildman–Crippen MR) is 115 cm³/mol. The fourth-order valence-electron chi connectivity index (χ4n) is 2.10. The Balaban J connectivity index is 1.62. The lowest BCUT2D eigenvalue weighted by atomic mass is 10.2. The van der Waals surface area contributed by atoms with Gasteiger partial charge in [-0.05, 0) is 48.1 Å². The van der Waals surface area contributed by atoms with Gasteiger partial charge in [-0.3, -0.25) is 5.32 Å². The zero-order valence-electron chi connectivity index (χ0n) is 13.0. The van der Waals surface area contributed by atoms with Gasteiger partial charge in [-0.2, -0.15) is 0 Å². The number of nitrogens with one attached hydrogen (secondary N) is 2. The van der Waals surface area contributed by atoms with Crippen molar-refractivity contribution in [1.29, 1.82) is 0 Å². The first-order valence-corrected chi connectivity index (χ1v) is 9.60. The Morgan fingerprint density at radius 1 is 1.04 bits per heavy atom. The van der Waals surface area contributed by atoms with Crippen molar-refractivity contribution in [3.8, 4) is 0 Å². The third kappa shape index (κ3) is 5.08. The summed E-state index contributed by atoms with van der Waals surface area (Å²) >= 11 is 26.7. The Labute approximate surface area is 178 Å². The van der Waals surface area contributed by atoms with E-state index in [9.17, 15) is 0 Å². The maximum Gasteiger partial charge on any atom is 0.248 e. The summed E-state index contributed by atoms with van der Waals surface area (Å²) in [6.45, 7) is 0.504. The second-order valence-electron chi connectivity index (χ2n) is 5.22. The summed E-state index contributed by atoms with van der Waals surface area (Å²) in [6.07, 6.45) is 1.60. The van der Waals surface area contributed by atoms with Crippen LogP contribution in [0.4, 0.5) is 11.6 Å². The molecule has 0 atom stereocenters. The van der Waals surface area contributed by atoms with E-state index in [1.165, 1.54) is 0 Å². The molecule has 1 aromatic heterocycles. The maximum atomic E-state index is 6.16. The third-order valence-electron chi connectivity index (χ3n) is 3.27. The molecule has 0 aliphatic carbocycles. The van der Waals surface area contributed by atoms with Gasteiger partial charge >= 0.3 is 0 Å². The molecular formula is C16H11BrCl3N5S. The third-order valence-corrected chi connectivity index (χ3v) is 5.02. The fraction of sp³-hybridized carbons (Fsp3) is 0.0625.